The van der Waals surface area contributed by atoms with Crippen LogP contribution in [0.2, 0.25) is 0 Å². The van der Waals surface area contributed by atoms with E-state index in [2.05, 4.69) is 10.3 Å². The van der Waals surface area contributed by atoms with E-state index >= 15 is 0 Å². The third-order valence-corrected chi connectivity index (χ3v) is 5.46. The number of anilines is 1. The Balaban J connectivity index is 2.01. The zero-order chi connectivity index (χ0) is 23.7. The van der Waals surface area contributed by atoms with E-state index in [1.807, 2.05) is 0 Å². The maximum Gasteiger partial charge on any atom is 0.417 e. The van der Waals surface area contributed by atoms with Crippen molar-refractivity contribution < 1.29 is 31.3 Å². The van der Waals surface area contributed by atoms with Crippen LogP contribution in [0.3, 0.4) is 0 Å². The van der Waals surface area contributed by atoms with Crippen LogP contribution >= 0.6 is 0 Å². The van der Waals surface area contributed by atoms with Crippen LogP contribution in [0.5, 0.6) is 11.6 Å². The molecule has 3 aromatic rings. The highest BCUT2D eigenvalue weighted by Crippen LogP contribution is 2.33. The second kappa shape index (κ2) is 8.58. The molecule has 2 aromatic carbocycles. The molecule has 1 atom stereocenters. The number of carbonyl (C=O) groups excluding carboxylic acids is 1. The molecule has 2 N–H and O–H groups in total. The van der Waals surface area contributed by atoms with Gasteiger partial charge in [0.15, 0.2) is 0 Å². The molecule has 1 amide bonds. The molecule has 1 unspecified atom stereocenters. The first-order valence-electron chi connectivity index (χ1n) is 9.01. The molecule has 1 aromatic heterocycles. The number of aromatic nitrogens is 1. The fourth-order valence-corrected chi connectivity index (χ4v) is 3.39. The van der Waals surface area contributed by atoms with E-state index in [0.717, 1.165) is 12.1 Å². The summed E-state index contributed by atoms with van der Waals surface area (Å²) in [5.41, 5.74) is -1.21. The highest BCUT2D eigenvalue weighted by atomic mass is 32.2. The standard InChI is InChI=1S/C21H17F4N3O3S/c1-12-8-14(22)6-7-18(12)31-20-17(9-13(11-27-20)21(23,24)25)19(29)28-15-4-3-5-16(10-15)32(2,26)30/h3-11,26H,1-2H3,(H,28,29). The van der Waals surface area contributed by atoms with Crippen LogP contribution in [0.15, 0.2) is 59.6 Å². The number of nitrogens with one attached hydrogen (secondary N) is 2. The third kappa shape index (κ3) is 5.41. The smallest absolute Gasteiger partial charge is 0.417 e. The van der Waals surface area contributed by atoms with E-state index in [0.29, 0.717) is 17.8 Å². The average Bonchev–Trinajstić information content (AvgIpc) is 2.69. The van der Waals surface area contributed by atoms with Crippen LogP contribution < -0.4 is 10.1 Å². The van der Waals surface area contributed by atoms with Crippen molar-refractivity contribution in [2.24, 2.45) is 0 Å². The second-order valence-corrected chi connectivity index (χ2v) is 9.07. The molecule has 0 aliphatic heterocycles. The Kier molecular flexibility index (Phi) is 6.22. The van der Waals surface area contributed by atoms with Crippen molar-refractivity contribution in [2.45, 2.75) is 18.0 Å². The highest BCUT2D eigenvalue weighted by Gasteiger charge is 2.33. The largest absolute Gasteiger partial charge is 0.438 e. The zero-order valence-electron chi connectivity index (χ0n) is 16.8. The Bertz CT molecular complexity index is 1290. The fraction of sp³-hybridized carbons (Fsp3) is 0.143. The molecular formula is C21H17F4N3O3S. The Morgan fingerprint density at radius 3 is 2.50 bits per heavy atom. The van der Waals surface area contributed by atoms with E-state index in [1.54, 1.807) is 0 Å². The van der Waals surface area contributed by atoms with Gasteiger partial charge in [-0.05, 0) is 55.0 Å². The monoisotopic (exact) mass is 467 g/mol. The number of nitrogens with zero attached hydrogens (tertiary/aromatic N) is 1. The van der Waals surface area contributed by atoms with E-state index in [-0.39, 0.29) is 16.3 Å². The molecule has 11 heteroatoms. The number of amides is 1. The second-order valence-electron chi connectivity index (χ2n) is 6.91. The van der Waals surface area contributed by atoms with E-state index in [1.165, 1.54) is 43.5 Å². The molecule has 0 aliphatic rings. The van der Waals surface area contributed by atoms with Gasteiger partial charge in [-0.25, -0.2) is 18.4 Å². The molecule has 168 valence electrons. The molecule has 0 saturated carbocycles. The summed E-state index contributed by atoms with van der Waals surface area (Å²) in [5.74, 6) is -1.81. The maximum atomic E-state index is 13.3. The number of hydrogen-bond donors (Lipinski definition) is 2. The van der Waals surface area contributed by atoms with Gasteiger partial charge in [-0.3, -0.25) is 4.79 Å². The number of aryl methyl sites for hydroxylation is 1. The molecule has 1 heterocycles. The number of ether oxygens (including phenoxy) is 1. The quantitative estimate of drug-likeness (QED) is 0.476. The fourth-order valence-electron chi connectivity index (χ4n) is 2.70. The van der Waals surface area contributed by atoms with Gasteiger partial charge in [-0.1, -0.05) is 6.07 Å². The number of halogens is 4. The van der Waals surface area contributed by atoms with Crippen molar-refractivity contribution in [3.63, 3.8) is 0 Å². The summed E-state index contributed by atoms with van der Waals surface area (Å²) in [6.45, 7) is 1.52. The van der Waals surface area contributed by atoms with Gasteiger partial charge >= 0.3 is 6.18 Å². The number of pyridine rings is 1. The minimum atomic E-state index is -4.76. The van der Waals surface area contributed by atoms with Crippen molar-refractivity contribution in [1.29, 1.82) is 4.78 Å². The normalized spacial score (nSPS) is 13.3. The van der Waals surface area contributed by atoms with Crippen molar-refractivity contribution in [2.75, 3.05) is 11.6 Å². The summed E-state index contributed by atoms with van der Waals surface area (Å²) in [6, 6.07) is 9.72. The average molecular weight is 467 g/mol. The predicted octanol–water partition coefficient (Wildman–Crippen LogP) is 5.63. The molecule has 0 fully saturated rings. The summed E-state index contributed by atoms with van der Waals surface area (Å²) in [7, 11) is -3.08. The van der Waals surface area contributed by atoms with E-state index < -0.39 is 44.6 Å². The summed E-state index contributed by atoms with van der Waals surface area (Å²) in [4.78, 5) is 16.6. The first-order valence-corrected chi connectivity index (χ1v) is 11.0. The Hall–Kier alpha value is -3.47. The first kappa shape index (κ1) is 23.2. The molecule has 0 aliphatic carbocycles. The van der Waals surface area contributed by atoms with Gasteiger partial charge in [0.25, 0.3) is 5.91 Å². The number of benzene rings is 2. The van der Waals surface area contributed by atoms with Crippen molar-refractivity contribution in [1.82, 2.24) is 4.98 Å². The van der Waals surface area contributed by atoms with Crippen molar-refractivity contribution in [3.8, 4) is 11.6 Å². The third-order valence-electron chi connectivity index (χ3n) is 4.31. The van der Waals surface area contributed by atoms with E-state index in [4.69, 9.17) is 9.52 Å². The van der Waals surface area contributed by atoms with E-state index in [9.17, 15) is 26.6 Å². The molecule has 0 saturated heterocycles. The van der Waals surface area contributed by atoms with Crippen LogP contribution in [0.1, 0.15) is 21.5 Å². The summed E-state index contributed by atoms with van der Waals surface area (Å²) >= 11 is 0. The lowest BCUT2D eigenvalue weighted by Crippen LogP contribution is -2.16. The van der Waals surface area contributed by atoms with Gasteiger partial charge in [-0.2, -0.15) is 13.2 Å². The van der Waals surface area contributed by atoms with Crippen molar-refractivity contribution >= 4 is 21.3 Å². The number of hydrogen-bond acceptors (Lipinski definition) is 5. The molecule has 0 bridgehead atoms. The summed E-state index contributed by atoms with van der Waals surface area (Å²) < 4.78 is 78.0. The SMILES string of the molecule is Cc1cc(F)ccc1Oc1ncc(C(F)(F)F)cc1C(=O)Nc1cccc(S(C)(=N)=O)c1. The molecule has 0 spiro atoms. The molecule has 32 heavy (non-hydrogen) atoms. The maximum absolute atomic E-state index is 13.3. The van der Waals surface area contributed by atoms with Gasteiger partial charge in [-0.15, -0.1) is 0 Å². The summed E-state index contributed by atoms with van der Waals surface area (Å²) in [5, 5.41) is 2.40. The van der Waals surface area contributed by atoms with Crippen LogP contribution in [0.25, 0.3) is 0 Å². The minimum absolute atomic E-state index is 0.106. The Morgan fingerprint density at radius 1 is 1.16 bits per heavy atom. The molecule has 3 rings (SSSR count). The molecular weight excluding hydrogens is 450 g/mol. The van der Waals surface area contributed by atoms with Crippen LogP contribution in [0.4, 0.5) is 23.2 Å². The number of alkyl halides is 3. The minimum Gasteiger partial charge on any atom is -0.438 e. The van der Waals surface area contributed by atoms with Crippen molar-refractivity contribution in [3.05, 3.63) is 77.2 Å². The predicted molar refractivity (Wildman–Crippen MR) is 110 cm³/mol. The lowest BCUT2D eigenvalue weighted by atomic mass is 10.1. The van der Waals surface area contributed by atoms with Gasteiger partial charge in [0.1, 0.15) is 17.1 Å². The van der Waals surface area contributed by atoms with Crippen LogP contribution in [-0.4, -0.2) is 21.4 Å². The Morgan fingerprint density at radius 2 is 1.88 bits per heavy atom. The lowest BCUT2D eigenvalue weighted by molar-refractivity contribution is -0.137. The van der Waals surface area contributed by atoms with Gasteiger partial charge in [0.2, 0.25) is 5.88 Å². The van der Waals surface area contributed by atoms with Crippen LogP contribution in [-0.2, 0) is 15.9 Å². The highest BCUT2D eigenvalue weighted by molar-refractivity contribution is 7.91. The van der Waals surface area contributed by atoms with Gasteiger partial charge in [0, 0.05) is 23.0 Å². The van der Waals surface area contributed by atoms with Gasteiger partial charge in [0.05, 0.1) is 15.3 Å². The molecule has 6 nitrogen and oxygen atoms in total. The lowest BCUT2D eigenvalue weighted by Gasteiger charge is -2.15. The molecule has 0 radical (unpaired) electrons. The summed E-state index contributed by atoms with van der Waals surface area (Å²) in [6.07, 6.45) is -3.04. The van der Waals surface area contributed by atoms with Crippen LogP contribution in [0, 0.1) is 17.5 Å². The number of rotatable bonds is 5. The topological polar surface area (TPSA) is 92.1 Å². The Labute approximate surface area is 181 Å². The zero-order valence-corrected chi connectivity index (χ0v) is 17.6. The first-order chi connectivity index (χ1) is 14.8. The number of carbonyl (C=O) groups is 1. The van der Waals surface area contributed by atoms with Gasteiger partial charge < -0.3 is 10.1 Å².